The summed E-state index contributed by atoms with van der Waals surface area (Å²) in [4.78, 5) is 0. The molecular weight excluding hydrogens is 294 g/mol. The van der Waals surface area contributed by atoms with Crippen LogP contribution < -0.4 is 5.73 Å². The van der Waals surface area contributed by atoms with E-state index in [4.69, 9.17) is 10.5 Å². The summed E-state index contributed by atoms with van der Waals surface area (Å²) in [5.41, 5.74) is 11.1. The maximum Gasteiger partial charge on any atom is 0.0717 e. The fraction of sp³-hybridized carbons (Fsp3) is 0.182. The molecule has 0 aliphatic carbocycles. The lowest BCUT2D eigenvalue weighted by Crippen LogP contribution is -2.28. The Hall–Kier alpha value is -2.42. The molecular formula is C22H23NO. The zero-order valence-corrected chi connectivity index (χ0v) is 13.8. The highest BCUT2D eigenvalue weighted by atomic mass is 16.5. The van der Waals surface area contributed by atoms with Gasteiger partial charge >= 0.3 is 0 Å². The number of benzene rings is 3. The van der Waals surface area contributed by atoms with E-state index >= 15 is 0 Å². The van der Waals surface area contributed by atoms with Crippen molar-refractivity contribution in [2.75, 3.05) is 6.61 Å². The molecule has 0 saturated carbocycles. The predicted octanol–water partition coefficient (Wildman–Crippen LogP) is 4.44. The van der Waals surface area contributed by atoms with Crippen LogP contribution in [0.3, 0.4) is 0 Å². The fourth-order valence-electron chi connectivity index (χ4n) is 2.73. The van der Waals surface area contributed by atoms with Crippen LogP contribution >= 0.6 is 0 Å². The zero-order valence-electron chi connectivity index (χ0n) is 13.8. The minimum absolute atomic E-state index is 0.0105. The van der Waals surface area contributed by atoms with E-state index in [0.717, 1.165) is 6.42 Å². The van der Waals surface area contributed by atoms with E-state index in [1.807, 2.05) is 24.3 Å². The monoisotopic (exact) mass is 317 g/mol. The second-order valence-electron chi connectivity index (χ2n) is 6.03. The van der Waals surface area contributed by atoms with Crippen molar-refractivity contribution in [2.24, 2.45) is 5.73 Å². The lowest BCUT2D eigenvalue weighted by atomic mass is 10.0. The zero-order chi connectivity index (χ0) is 16.6. The van der Waals surface area contributed by atoms with Crippen molar-refractivity contribution < 1.29 is 4.74 Å². The van der Waals surface area contributed by atoms with Crippen LogP contribution in [0.2, 0.25) is 0 Å². The van der Waals surface area contributed by atoms with Crippen molar-refractivity contribution in [1.29, 1.82) is 0 Å². The van der Waals surface area contributed by atoms with Gasteiger partial charge in [-0.2, -0.15) is 0 Å². The van der Waals surface area contributed by atoms with E-state index in [-0.39, 0.29) is 6.04 Å². The molecule has 0 amide bonds. The van der Waals surface area contributed by atoms with E-state index in [1.165, 1.54) is 22.3 Å². The number of nitrogens with two attached hydrogens (primary N) is 1. The van der Waals surface area contributed by atoms with Crippen molar-refractivity contribution in [3.8, 4) is 11.1 Å². The molecule has 0 aromatic heterocycles. The molecule has 0 aliphatic rings. The van der Waals surface area contributed by atoms with Crippen LogP contribution in [-0.2, 0) is 17.8 Å². The summed E-state index contributed by atoms with van der Waals surface area (Å²) in [7, 11) is 0. The van der Waals surface area contributed by atoms with Gasteiger partial charge in [0.25, 0.3) is 0 Å². The third-order valence-corrected chi connectivity index (χ3v) is 4.00. The summed E-state index contributed by atoms with van der Waals surface area (Å²) in [5, 5.41) is 0. The van der Waals surface area contributed by atoms with Crippen LogP contribution in [-0.4, -0.2) is 12.6 Å². The third-order valence-electron chi connectivity index (χ3n) is 4.00. The molecule has 0 heterocycles. The van der Waals surface area contributed by atoms with Crippen LogP contribution in [0, 0.1) is 0 Å². The highest BCUT2D eigenvalue weighted by Crippen LogP contribution is 2.19. The molecule has 0 spiro atoms. The van der Waals surface area contributed by atoms with Gasteiger partial charge in [-0.15, -0.1) is 0 Å². The van der Waals surface area contributed by atoms with Crippen LogP contribution in [0.15, 0.2) is 84.9 Å². The Kier molecular flexibility index (Phi) is 5.78. The first-order valence-electron chi connectivity index (χ1n) is 8.33. The molecule has 3 rings (SSSR count). The first-order chi connectivity index (χ1) is 11.8. The van der Waals surface area contributed by atoms with E-state index in [2.05, 4.69) is 60.7 Å². The molecule has 0 saturated heterocycles. The average molecular weight is 317 g/mol. The Morgan fingerprint density at radius 3 is 1.92 bits per heavy atom. The number of ether oxygens (including phenoxy) is 1. The van der Waals surface area contributed by atoms with Gasteiger partial charge < -0.3 is 10.5 Å². The lowest BCUT2D eigenvalue weighted by Gasteiger charge is -2.13. The number of hydrogen-bond acceptors (Lipinski definition) is 2. The van der Waals surface area contributed by atoms with Gasteiger partial charge in [0.1, 0.15) is 0 Å². The van der Waals surface area contributed by atoms with Crippen molar-refractivity contribution in [2.45, 2.75) is 19.1 Å². The second kappa shape index (κ2) is 8.44. The van der Waals surface area contributed by atoms with Crippen molar-refractivity contribution in [3.05, 3.63) is 96.1 Å². The predicted molar refractivity (Wildman–Crippen MR) is 99.7 cm³/mol. The van der Waals surface area contributed by atoms with Crippen LogP contribution in [0.25, 0.3) is 11.1 Å². The van der Waals surface area contributed by atoms with Crippen molar-refractivity contribution >= 4 is 0 Å². The first kappa shape index (κ1) is 16.4. The van der Waals surface area contributed by atoms with Crippen LogP contribution in [0.1, 0.15) is 11.1 Å². The summed E-state index contributed by atoms with van der Waals surface area (Å²) in [6, 6.07) is 29.2. The molecule has 2 N–H and O–H groups in total. The summed E-state index contributed by atoms with van der Waals surface area (Å²) in [5.74, 6) is 0. The molecule has 3 aromatic rings. The molecule has 1 atom stereocenters. The molecule has 0 bridgehead atoms. The second-order valence-corrected chi connectivity index (χ2v) is 6.03. The summed E-state index contributed by atoms with van der Waals surface area (Å²) in [6.45, 7) is 1.18. The van der Waals surface area contributed by atoms with Gasteiger partial charge in [-0.3, -0.25) is 0 Å². The topological polar surface area (TPSA) is 35.2 Å². The number of hydrogen-bond donors (Lipinski definition) is 1. The Bertz CT molecular complexity index is 723. The SMILES string of the molecule is N[C@@H](COCc1ccccc1)Cc1ccc(-c2ccccc2)cc1. The van der Waals surface area contributed by atoms with Gasteiger partial charge in [0.05, 0.1) is 13.2 Å². The number of rotatable bonds is 7. The Morgan fingerprint density at radius 1 is 0.667 bits per heavy atom. The van der Waals surface area contributed by atoms with E-state index in [9.17, 15) is 0 Å². The minimum atomic E-state index is 0.0105. The first-order valence-corrected chi connectivity index (χ1v) is 8.33. The van der Waals surface area contributed by atoms with E-state index in [1.54, 1.807) is 0 Å². The molecule has 0 fully saturated rings. The highest BCUT2D eigenvalue weighted by Gasteiger charge is 2.05. The van der Waals surface area contributed by atoms with Crippen molar-refractivity contribution in [3.63, 3.8) is 0 Å². The summed E-state index contributed by atoms with van der Waals surface area (Å²) >= 11 is 0. The highest BCUT2D eigenvalue weighted by molar-refractivity contribution is 5.63. The molecule has 24 heavy (non-hydrogen) atoms. The minimum Gasteiger partial charge on any atom is -0.375 e. The van der Waals surface area contributed by atoms with Gasteiger partial charge in [-0.1, -0.05) is 84.9 Å². The largest absolute Gasteiger partial charge is 0.375 e. The Labute approximate surface area is 143 Å². The van der Waals surface area contributed by atoms with Crippen molar-refractivity contribution in [1.82, 2.24) is 0 Å². The maximum atomic E-state index is 6.19. The fourth-order valence-corrected chi connectivity index (χ4v) is 2.73. The van der Waals surface area contributed by atoms with Crippen LogP contribution in [0.4, 0.5) is 0 Å². The standard InChI is InChI=1S/C22H23NO/c23-22(17-24-16-19-7-3-1-4-8-19)15-18-11-13-21(14-12-18)20-9-5-2-6-10-20/h1-14,22H,15-17,23H2/t22-/m1/s1. The molecule has 122 valence electrons. The average Bonchev–Trinajstić information content (AvgIpc) is 2.64. The summed E-state index contributed by atoms with van der Waals surface area (Å²) < 4.78 is 5.72. The van der Waals surface area contributed by atoms with E-state index < -0.39 is 0 Å². The Balaban J connectivity index is 1.48. The molecule has 0 aliphatic heterocycles. The normalized spacial score (nSPS) is 12.0. The summed E-state index contributed by atoms with van der Waals surface area (Å²) in [6.07, 6.45) is 0.823. The Morgan fingerprint density at radius 2 is 1.25 bits per heavy atom. The van der Waals surface area contributed by atoms with Gasteiger partial charge in [0.15, 0.2) is 0 Å². The molecule has 2 heteroatoms. The molecule has 2 nitrogen and oxygen atoms in total. The van der Waals surface area contributed by atoms with Gasteiger partial charge in [0, 0.05) is 6.04 Å². The van der Waals surface area contributed by atoms with E-state index in [0.29, 0.717) is 13.2 Å². The molecule has 0 radical (unpaired) electrons. The lowest BCUT2D eigenvalue weighted by molar-refractivity contribution is 0.108. The van der Waals surface area contributed by atoms with Gasteiger partial charge in [-0.05, 0) is 28.7 Å². The third kappa shape index (κ3) is 4.79. The molecule has 0 unspecified atom stereocenters. The van der Waals surface area contributed by atoms with Crippen LogP contribution in [0.5, 0.6) is 0 Å². The maximum absolute atomic E-state index is 6.19. The van der Waals surface area contributed by atoms with Gasteiger partial charge in [0.2, 0.25) is 0 Å². The smallest absolute Gasteiger partial charge is 0.0717 e. The molecule has 3 aromatic carbocycles. The quantitative estimate of drug-likeness (QED) is 0.699. The van der Waals surface area contributed by atoms with Gasteiger partial charge in [-0.25, -0.2) is 0 Å².